The van der Waals surface area contributed by atoms with Crippen LogP contribution in [0.2, 0.25) is 5.02 Å². The quantitative estimate of drug-likeness (QED) is 0.583. The number of thiazole rings is 1. The summed E-state index contributed by atoms with van der Waals surface area (Å²) >= 11 is 8.49. The van der Waals surface area contributed by atoms with E-state index in [1.807, 2.05) is 0 Å². The van der Waals surface area contributed by atoms with E-state index in [9.17, 15) is 10.1 Å². The van der Waals surface area contributed by atoms with Crippen molar-refractivity contribution in [2.45, 2.75) is 6.54 Å². The van der Waals surface area contributed by atoms with E-state index in [0.717, 1.165) is 4.88 Å². The van der Waals surface area contributed by atoms with E-state index in [1.54, 1.807) is 6.20 Å². The second-order valence-corrected chi connectivity index (χ2v) is 6.09. The Labute approximate surface area is 125 Å². The van der Waals surface area contributed by atoms with Gasteiger partial charge >= 0.3 is 0 Å². The molecule has 102 valence electrons. The lowest BCUT2D eigenvalue weighted by molar-refractivity contribution is -0.384. The van der Waals surface area contributed by atoms with Crippen molar-refractivity contribution in [3.63, 3.8) is 0 Å². The number of rotatable bonds is 4. The molecular formula is C10H6ClN5O2S2. The third kappa shape index (κ3) is 2.55. The predicted octanol–water partition coefficient (Wildman–Crippen LogP) is 3.32. The molecule has 0 aliphatic carbocycles. The van der Waals surface area contributed by atoms with Crippen LogP contribution in [0.25, 0.3) is 10.2 Å². The standard InChI is InChI=1S/C10H6ClN5O2S2/c11-6-1-7-9(2-8(6)16(17)18)19-10(14-7)12-3-5-4-13-15-20-5/h1-2,4H,3H2,(H,12,14). The zero-order valence-electron chi connectivity index (χ0n) is 9.74. The number of nitrogens with one attached hydrogen (secondary N) is 1. The molecule has 0 amide bonds. The van der Waals surface area contributed by atoms with Crippen molar-refractivity contribution in [1.82, 2.24) is 14.6 Å². The average molecular weight is 328 g/mol. The number of hydrogen-bond acceptors (Lipinski definition) is 8. The van der Waals surface area contributed by atoms with E-state index < -0.39 is 4.92 Å². The summed E-state index contributed by atoms with van der Waals surface area (Å²) in [6, 6.07) is 2.94. The van der Waals surface area contributed by atoms with Crippen molar-refractivity contribution in [2.75, 3.05) is 5.32 Å². The highest BCUT2D eigenvalue weighted by Gasteiger charge is 2.16. The summed E-state index contributed by atoms with van der Waals surface area (Å²) in [6.45, 7) is 0.563. The van der Waals surface area contributed by atoms with E-state index in [0.29, 0.717) is 21.9 Å². The number of aromatic nitrogens is 3. The van der Waals surface area contributed by atoms with Gasteiger partial charge in [0.05, 0.1) is 32.8 Å². The van der Waals surface area contributed by atoms with Crippen molar-refractivity contribution in [2.24, 2.45) is 0 Å². The molecular weight excluding hydrogens is 322 g/mol. The molecule has 20 heavy (non-hydrogen) atoms. The number of halogens is 1. The molecule has 0 radical (unpaired) electrons. The molecule has 0 unspecified atom stereocenters. The van der Waals surface area contributed by atoms with E-state index in [-0.39, 0.29) is 10.7 Å². The van der Waals surface area contributed by atoms with Gasteiger partial charge in [-0.1, -0.05) is 27.4 Å². The molecule has 1 aromatic carbocycles. The maximum Gasteiger partial charge on any atom is 0.289 e. The van der Waals surface area contributed by atoms with Crippen LogP contribution in [0.1, 0.15) is 4.88 Å². The average Bonchev–Trinajstić information content (AvgIpc) is 3.03. The summed E-state index contributed by atoms with van der Waals surface area (Å²) in [5.41, 5.74) is 0.525. The molecule has 1 N–H and O–H groups in total. The number of nitro benzene ring substituents is 1. The maximum atomic E-state index is 10.8. The van der Waals surface area contributed by atoms with Crippen LogP contribution < -0.4 is 5.32 Å². The minimum absolute atomic E-state index is 0.0889. The fraction of sp³-hybridized carbons (Fsp3) is 0.100. The Morgan fingerprint density at radius 1 is 1.45 bits per heavy atom. The Kier molecular flexibility index (Phi) is 3.47. The van der Waals surface area contributed by atoms with Gasteiger partial charge in [0, 0.05) is 6.07 Å². The highest BCUT2D eigenvalue weighted by Crippen LogP contribution is 2.34. The van der Waals surface area contributed by atoms with Gasteiger partial charge in [0.15, 0.2) is 5.13 Å². The lowest BCUT2D eigenvalue weighted by Gasteiger charge is -1.96. The molecule has 10 heteroatoms. The van der Waals surface area contributed by atoms with Crippen LogP contribution in [0.5, 0.6) is 0 Å². The van der Waals surface area contributed by atoms with Crippen molar-refractivity contribution in [1.29, 1.82) is 0 Å². The molecule has 0 fully saturated rings. The fourth-order valence-electron chi connectivity index (χ4n) is 1.58. The summed E-state index contributed by atoms with van der Waals surface area (Å²) in [5.74, 6) is 0. The molecule has 0 bridgehead atoms. The monoisotopic (exact) mass is 327 g/mol. The molecule has 0 saturated carbocycles. The summed E-state index contributed by atoms with van der Waals surface area (Å²) in [4.78, 5) is 15.6. The lowest BCUT2D eigenvalue weighted by Crippen LogP contribution is -1.96. The second-order valence-electron chi connectivity index (χ2n) is 3.78. The van der Waals surface area contributed by atoms with Gasteiger partial charge in [-0.3, -0.25) is 10.1 Å². The highest BCUT2D eigenvalue weighted by molar-refractivity contribution is 7.22. The zero-order chi connectivity index (χ0) is 14.1. The predicted molar refractivity (Wildman–Crippen MR) is 78.5 cm³/mol. The summed E-state index contributed by atoms with van der Waals surface area (Å²) in [5, 5.41) is 18.5. The first kappa shape index (κ1) is 13.2. The van der Waals surface area contributed by atoms with Crippen LogP contribution in [0, 0.1) is 10.1 Å². The van der Waals surface area contributed by atoms with Crippen LogP contribution in [-0.4, -0.2) is 19.5 Å². The van der Waals surface area contributed by atoms with E-state index in [4.69, 9.17) is 11.6 Å². The van der Waals surface area contributed by atoms with Gasteiger partial charge in [0.25, 0.3) is 5.69 Å². The molecule has 3 aromatic rings. The van der Waals surface area contributed by atoms with E-state index in [2.05, 4.69) is 19.9 Å². The lowest BCUT2D eigenvalue weighted by atomic mass is 10.3. The number of nitro groups is 1. The van der Waals surface area contributed by atoms with Gasteiger partial charge in [-0.25, -0.2) is 4.98 Å². The fourth-order valence-corrected chi connectivity index (χ4v) is 3.11. The SMILES string of the molecule is O=[N+]([O-])c1cc2sc(NCc3cnns3)nc2cc1Cl. The Balaban J connectivity index is 1.88. The number of nitrogens with zero attached hydrogens (tertiary/aromatic N) is 4. The van der Waals surface area contributed by atoms with Gasteiger partial charge < -0.3 is 5.32 Å². The van der Waals surface area contributed by atoms with Crippen LogP contribution in [0.4, 0.5) is 10.8 Å². The molecule has 2 heterocycles. The van der Waals surface area contributed by atoms with Crippen LogP contribution >= 0.6 is 34.5 Å². The summed E-state index contributed by atoms with van der Waals surface area (Å²) < 4.78 is 4.48. The van der Waals surface area contributed by atoms with Crippen LogP contribution in [0.15, 0.2) is 18.3 Å². The molecule has 2 aromatic heterocycles. The number of hydrogen-bond donors (Lipinski definition) is 1. The smallest absolute Gasteiger partial charge is 0.289 e. The Hall–Kier alpha value is -1.84. The van der Waals surface area contributed by atoms with Gasteiger partial charge in [0.1, 0.15) is 5.02 Å². The zero-order valence-corrected chi connectivity index (χ0v) is 12.1. The molecule has 7 nitrogen and oxygen atoms in total. The molecule has 0 aliphatic rings. The first-order valence-electron chi connectivity index (χ1n) is 5.38. The summed E-state index contributed by atoms with van der Waals surface area (Å²) in [7, 11) is 0. The first-order valence-corrected chi connectivity index (χ1v) is 7.35. The molecule has 0 aliphatic heterocycles. The Morgan fingerprint density at radius 2 is 2.30 bits per heavy atom. The highest BCUT2D eigenvalue weighted by atomic mass is 35.5. The van der Waals surface area contributed by atoms with Crippen molar-refractivity contribution in [3.05, 3.63) is 38.3 Å². The largest absolute Gasteiger partial charge is 0.356 e. The second kappa shape index (κ2) is 5.27. The van der Waals surface area contributed by atoms with Gasteiger partial charge in [0.2, 0.25) is 0 Å². The number of fused-ring (bicyclic) bond motifs is 1. The Morgan fingerprint density at radius 3 is 3.00 bits per heavy atom. The molecule has 0 atom stereocenters. The molecule has 3 rings (SSSR count). The molecule has 0 saturated heterocycles. The molecule has 0 spiro atoms. The first-order chi connectivity index (χ1) is 9.63. The third-order valence-corrected chi connectivity index (χ3v) is 4.41. The number of anilines is 1. The minimum atomic E-state index is -0.502. The minimum Gasteiger partial charge on any atom is -0.356 e. The van der Waals surface area contributed by atoms with Gasteiger partial charge in [-0.15, -0.1) is 5.10 Å². The van der Waals surface area contributed by atoms with E-state index in [1.165, 1.54) is 35.0 Å². The third-order valence-electron chi connectivity index (χ3n) is 2.47. The van der Waals surface area contributed by atoms with E-state index >= 15 is 0 Å². The number of benzene rings is 1. The van der Waals surface area contributed by atoms with Crippen LogP contribution in [-0.2, 0) is 6.54 Å². The topological polar surface area (TPSA) is 93.8 Å². The summed E-state index contributed by atoms with van der Waals surface area (Å²) in [6.07, 6.45) is 1.67. The van der Waals surface area contributed by atoms with Crippen molar-refractivity contribution >= 4 is 55.5 Å². The van der Waals surface area contributed by atoms with Crippen molar-refractivity contribution in [3.8, 4) is 0 Å². The normalized spacial score (nSPS) is 10.8. The van der Waals surface area contributed by atoms with Crippen LogP contribution in [0.3, 0.4) is 0 Å². The Bertz CT molecular complexity index is 773. The van der Waals surface area contributed by atoms with Gasteiger partial charge in [-0.05, 0) is 17.6 Å². The van der Waals surface area contributed by atoms with Crippen molar-refractivity contribution < 1.29 is 4.92 Å². The van der Waals surface area contributed by atoms with Gasteiger partial charge in [-0.2, -0.15) is 0 Å². The maximum absolute atomic E-state index is 10.8.